The van der Waals surface area contributed by atoms with Gasteiger partial charge >= 0.3 is 0 Å². The Morgan fingerprint density at radius 3 is 3.00 bits per heavy atom. The summed E-state index contributed by atoms with van der Waals surface area (Å²) in [5.41, 5.74) is 3.18. The number of allylic oxidation sites excluding steroid dienone is 1. The number of thiazole rings is 1. The highest BCUT2D eigenvalue weighted by Crippen LogP contribution is 2.31. The fraction of sp³-hybridized carbons (Fsp3) is 0.211. The maximum Gasteiger partial charge on any atom is 0.291 e. The van der Waals surface area contributed by atoms with Crippen LogP contribution in [0.4, 0.5) is 0 Å². The van der Waals surface area contributed by atoms with Gasteiger partial charge in [0.25, 0.3) is 5.56 Å². The summed E-state index contributed by atoms with van der Waals surface area (Å²) in [7, 11) is 1.88. The summed E-state index contributed by atoms with van der Waals surface area (Å²) >= 11 is 1.59. The minimum Gasteiger partial charge on any atom is -0.323 e. The second kappa shape index (κ2) is 6.24. The molecule has 0 spiro atoms. The average molecular weight is 376 g/mol. The molecule has 5 rings (SSSR count). The summed E-state index contributed by atoms with van der Waals surface area (Å²) < 4.78 is 4.33. The van der Waals surface area contributed by atoms with Gasteiger partial charge in [-0.2, -0.15) is 5.10 Å². The third-order valence-electron chi connectivity index (χ3n) is 4.65. The highest BCUT2D eigenvalue weighted by molar-refractivity contribution is 7.19. The highest BCUT2D eigenvalue weighted by Gasteiger charge is 2.18. The molecule has 4 aromatic heterocycles. The van der Waals surface area contributed by atoms with Crippen LogP contribution in [0.15, 0.2) is 52.5 Å². The van der Waals surface area contributed by atoms with Crippen molar-refractivity contribution in [2.45, 2.75) is 13.0 Å². The van der Waals surface area contributed by atoms with Gasteiger partial charge in [0, 0.05) is 30.7 Å². The average Bonchev–Trinajstić information content (AvgIpc) is 3.38. The van der Waals surface area contributed by atoms with Crippen molar-refractivity contribution in [1.29, 1.82) is 0 Å². The van der Waals surface area contributed by atoms with Crippen LogP contribution in [0.2, 0.25) is 0 Å². The SMILES string of the molecule is Cn1c2nc(Cc3ccccn3)sc2c2cnn(CC3=NCC=C3)c(=O)c21. The van der Waals surface area contributed by atoms with E-state index < -0.39 is 0 Å². The fourth-order valence-electron chi connectivity index (χ4n) is 3.35. The highest BCUT2D eigenvalue weighted by atomic mass is 32.1. The molecule has 0 saturated carbocycles. The van der Waals surface area contributed by atoms with Gasteiger partial charge in [-0.15, -0.1) is 11.3 Å². The van der Waals surface area contributed by atoms with E-state index in [4.69, 9.17) is 4.98 Å². The molecule has 1 aliphatic rings. The molecule has 5 heterocycles. The predicted octanol–water partition coefficient (Wildman–Crippen LogP) is 2.34. The first-order valence-electron chi connectivity index (χ1n) is 8.64. The Morgan fingerprint density at radius 1 is 1.30 bits per heavy atom. The second-order valence-electron chi connectivity index (χ2n) is 6.42. The van der Waals surface area contributed by atoms with Crippen molar-refractivity contribution >= 4 is 38.3 Å². The number of nitrogens with zero attached hydrogens (tertiary/aromatic N) is 6. The number of hydrogen-bond donors (Lipinski definition) is 0. The number of aromatic nitrogens is 5. The van der Waals surface area contributed by atoms with Gasteiger partial charge in [-0.25, -0.2) is 9.67 Å². The minimum absolute atomic E-state index is 0.116. The lowest BCUT2D eigenvalue weighted by Gasteiger charge is -2.04. The molecule has 0 N–H and O–H groups in total. The summed E-state index contributed by atoms with van der Waals surface area (Å²) in [4.78, 5) is 26.4. The first-order chi connectivity index (χ1) is 13.2. The molecule has 8 heteroatoms. The molecular formula is C19H16N6OS. The lowest BCUT2D eigenvalue weighted by Crippen LogP contribution is -2.26. The van der Waals surface area contributed by atoms with Crippen LogP contribution in [0.3, 0.4) is 0 Å². The zero-order chi connectivity index (χ0) is 18.4. The summed E-state index contributed by atoms with van der Waals surface area (Å²) in [6, 6.07) is 5.87. The Morgan fingerprint density at radius 2 is 2.22 bits per heavy atom. The van der Waals surface area contributed by atoms with Gasteiger partial charge in [-0.1, -0.05) is 12.1 Å². The number of rotatable bonds is 4. The Hall–Kier alpha value is -3.13. The molecule has 134 valence electrons. The molecule has 0 radical (unpaired) electrons. The Bertz CT molecular complexity index is 1280. The van der Waals surface area contributed by atoms with Gasteiger partial charge in [0.1, 0.15) is 10.5 Å². The number of hydrogen-bond acceptors (Lipinski definition) is 6. The first kappa shape index (κ1) is 16.1. The smallest absolute Gasteiger partial charge is 0.291 e. The molecule has 0 saturated heterocycles. The summed E-state index contributed by atoms with van der Waals surface area (Å²) in [6.07, 6.45) is 8.14. The van der Waals surface area contributed by atoms with Crippen molar-refractivity contribution in [2.75, 3.05) is 6.54 Å². The van der Waals surface area contributed by atoms with Crippen LogP contribution < -0.4 is 5.56 Å². The molecular weight excluding hydrogens is 360 g/mol. The van der Waals surface area contributed by atoms with E-state index in [1.807, 2.05) is 42.0 Å². The lowest BCUT2D eigenvalue weighted by atomic mass is 10.3. The van der Waals surface area contributed by atoms with E-state index in [1.165, 1.54) is 4.68 Å². The molecule has 0 unspecified atom stereocenters. The van der Waals surface area contributed by atoms with Crippen LogP contribution in [0.1, 0.15) is 10.7 Å². The molecule has 7 nitrogen and oxygen atoms in total. The van der Waals surface area contributed by atoms with E-state index in [2.05, 4.69) is 15.1 Å². The molecule has 0 fully saturated rings. The lowest BCUT2D eigenvalue weighted by molar-refractivity contribution is 0.677. The number of fused-ring (bicyclic) bond motifs is 3. The van der Waals surface area contributed by atoms with E-state index in [1.54, 1.807) is 23.7 Å². The zero-order valence-electron chi connectivity index (χ0n) is 14.7. The van der Waals surface area contributed by atoms with Gasteiger partial charge in [-0.05, 0) is 18.2 Å². The molecule has 4 aromatic rings. The monoisotopic (exact) mass is 376 g/mol. The van der Waals surface area contributed by atoms with Gasteiger partial charge < -0.3 is 4.57 Å². The Balaban J connectivity index is 1.59. The normalized spacial score (nSPS) is 13.7. The van der Waals surface area contributed by atoms with E-state index in [9.17, 15) is 4.79 Å². The van der Waals surface area contributed by atoms with Gasteiger partial charge in [-0.3, -0.25) is 14.8 Å². The Kier molecular flexibility index (Phi) is 3.71. The van der Waals surface area contributed by atoms with Crippen molar-refractivity contribution in [3.05, 3.63) is 63.8 Å². The predicted molar refractivity (Wildman–Crippen MR) is 107 cm³/mol. The number of pyridine rings is 1. The standard InChI is InChI=1S/C19H16N6OS/c1-24-16-14(10-22-25(19(16)26)11-13-6-4-8-21-13)17-18(24)23-15(27-17)9-12-5-2-3-7-20-12/h2-7,10H,8-9,11H2,1H3. The molecule has 1 aliphatic heterocycles. The fourth-order valence-corrected chi connectivity index (χ4v) is 4.47. The van der Waals surface area contributed by atoms with E-state index in [0.29, 0.717) is 25.0 Å². The van der Waals surface area contributed by atoms with E-state index in [-0.39, 0.29) is 5.56 Å². The van der Waals surface area contributed by atoms with Crippen LogP contribution in [0.25, 0.3) is 21.3 Å². The first-order valence-corrected chi connectivity index (χ1v) is 9.46. The van der Waals surface area contributed by atoms with Crippen LogP contribution in [0.5, 0.6) is 0 Å². The number of aryl methyl sites for hydroxylation is 1. The van der Waals surface area contributed by atoms with Crippen molar-refractivity contribution in [3.63, 3.8) is 0 Å². The largest absolute Gasteiger partial charge is 0.323 e. The summed E-state index contributed by atoms with van der Waals surface area (Å²) in [5, 5.41) is 6.20. The van der Waals surface area contributed by atoms with Crippen molar-refractivity contribution in [2.24, 2.45) is 12.0 Å². The van der Waals surface area contributed by atoms with Crippen molar-refractivity contribution in [3.8, 4) is 0 Å². The summed E-state index contributed by atoms with van der Waals surface area (Å²) in [6.45, 7) is 1.07. The molecule has 0 amide bonds. The third kappa shape index (κ3) is 2.69. The molecule has 0 atom stereocenters. The van der Waals surface area contributed by atoms with E-state index >= 15 is 0 Å². The second-order valence-corrected chi connectivity index (χ2v) is 7.50. The van der Waals surface area contributed by atoms with Crippen molar-refractivity contribution in [1.82, 2.24) is 24.3 Å². The van der Waals surface area contributed by atoms with Crippen LogP contribution in [-0.2, 0) is 20.0 Å². The quantitative estimate of drug-likeness (QED) is 0.548. The maximum atomic E-state index is 12.9. The van der Waals surface area contributed by atoms with E-state index in [0.717, 1.165) is 32.1 Å². The van der Waals surface area contributed by atoms with Crippen LogP contribution in [0, 0.1) is 0 Å². The maximum absolute atomic E-state index is 12.9. The topological polar surface area (TPSA) is 78.0 Å². The third-order valence-corrected chi connectivity index (χ3v) is 5.73. The van der Waals surface area contributed by atoms with Crippen LogP contribution >= 0.6 is 11.3 Å². The van der Waals surface area contributed by atoms with Crippen LogP contribution in [-0.4, -0.2) is 36.6 Å². The number of aliphatic imine (C=N–C) groups is 1. The molecule has 0 aromatic carbocycles. The Labute approximate surface area is 158 Å². The van der Waals surface area contributed by atoms with Gasteiger partial charge in [0.2, 0.25) is 0 Å². The van der Waals surface area contributed by atoms with Gasteiger partial charge in [0.15, 0.2) is 5.65 Å². The van der Waals surface area contributed by atoms with Gasteiger partial charge in [0.05, 0.1) is 29.7 Å². The molecule has 0 aliphatic carbocycles. The summed E-state index contributed by atoms with van der Waals surface area (Å²) in [5.74, 6) is 0. The van der Waals surface area contributed by atoms with Crippen molar-refractivity contribution < 1.29 is 0 Å². The molecule has 27 heavy (non-hydrogen) atoms. The zero-order valence-corrected chi connectivity index (χ0v) is 15.5. The molecule has 0 bridgehead atoms. The minimum atomic E-state index is -0.116.